The first-order valence-corrected chi connectivity index (χ1v) is 9.72. The van der Waals surface area contributed by atoms with Crippen LogP contribution in [0.2, 0.25) is 5.02 Å². The molecule has 26 heavy (non-hydrogen) atoms. The van der Waals surface area contributed by atoms with E-state index in [9.17, 15) is 4.79 Å². The summed E-state index contributed by atoms with van der Waals surface area (Å²) in [7, 11) is 0. The number of ether oxygens (including phenoxy) is 1. The van der Waals surface area contributed by atoms with Gasteiger partial charge in [0.05, 0.1) is 10.3 Å². The van der Waals surface area contributed by atoms with E-state index >= 15 is 0 Å². The van der Waals surface area contributed by atoms with Gasteiger partial charge in [-0.1, -0.05) is 41.6 Å². The Labute approximate surface area is 162 Å². The summed E-state index contributed by atoms with van der Waals surface area (Å²) in [5, 5.41) is 12.4. The van der Waals surface area contributed by atoms with E-state index in [1.807, 2.05) is 25.1 Å². The average molecular weight is 393 g/mol. The number of rotatable bonds is 9. The van der Waals surface area contributed by atoms with Crippen molar-refractivity contribution in [2.75, 3.05) is 6.54 Å². The van der Waals surface area contributed by atoms with E-state index in [0.29, 0.717) is 23.4 Å². The lowest BCUT2D eigenvalue weighted by atomic mass is 10.3. The fourth-order valence-corrected chi connectivity index (χ4v) is 3.57. The van der Waals surface area contributed by atoms with Gasteiger partial charge in [-0.15, -0.1) is 16.8 Å². The number of nitrogens with zero attached hydrogens (tertiary/aromatic N) is 3. The Morgan fingerprint density at radius 3 is 2.96 bits per heavy atom. The Morgan fingerprint density at radius 1 is 1.50 bits per heavy atom. The van der Waals surface area contributed by atoms with Gasteiger partial charge >= 0.3 is 0 Å². The predicted octanol–water partition coefficient (Wildman–Crippen LogP) is 3.63. The van der Waals surface area contributed by atoms with Crippen LogP contribution < -0.4 is 10.1 Å². The fraction of sp³-hybridized carbons (Fsp3) is 0.389. The van der Waals surface area contributed by atoms with Crippen molar-refractivity contribution >= 4 is 29.3 Å². The molecule has 1 heterocycles. The van der Waals surface area contributed by atoms with Gasteiger partial charge in [0.2, 0.25) is 5.91 Å². The molecule has 1 atom stereocenters. The Morgan fingerprint density at radius 2 is 2.27 bits per heavy atom. The highest BCUT2D eigenvalue weighted by atomic mass is 35.5. The first-order valence-electron chi connectivity index (χ1n) is 8.46. The molecule has 1 amide bonds. The van der Waals surface area contributed by atoms with Crippen LogP contribution in [-0.2, 0) is 11.4 Å². The van der Waals surface area contributed by atoms with Gasteiger partial charge in [0.15, 0.2) is 11.0 Å². The maximum Gasteiger partial charge on any atom is 0.233 e. The highest BCUT2D eigenvalue weighted by Crippen LogP contribution is 2.39. The zero-order chi connectivity index (χ0) is 18.5. The Kier molecular flexibility index (Phi) is 6.21. The van der Waals surface area contributed by atoms with E-state index in [0.717, 1.165) is 23.8 Å². The lowest BCUT2D eigenvalue weighted by Crippen LogP contribution is -2.31. The molecule has 0 saturated heterocycles. The third-order valence-corrected chi connectivity index (χ3v) is 5.28. The number of thioether (sulfide) groups is 1. The van der Waals surface area contributed by atoms with Crippen molar-refractivity contribution in [3.05, 3.63) is 47.8 Å². The average Bonchev–Trinajstić information content (AvgIpc) is 3.40. The summed E-state index contributed by atoms with van der Waals surface area (Å²) >= 11 is 7.54. The fourth-order valence-electron chi connectivity index (χ4n) is 2.42. The van der Waals surface area contributed by atoms with Gasteiger partial charge in [-0.05, 0) is 31.9 Å². The molecule has 1 fully saturated rings. The van der Waals surface area contributed by atoms with Gasteiger partial charge in [-0.3, -0.25) is 9.36 Å². The Hall–Kier alpha value is -1.99. The van der Waals surface area contributed by atoms with Crippen LogP contribution >= 0.6 is 23.4 Å². The summed E-state index contributed by atoms with van der Waals surface area (Å²) < 4.78 is 7.89. The molecule has 1 aliphatic rings. The number of carbonyl (C=O) groups is 1. The van der Waals surface area contributed by atoms with E-state index in [4.69, 9.17) is 16.3 Å². The van der Waals surface area contributed by atoms with Gasteiger partial charge in [-0.2, -0.15) is 0 Å². The molecule has 0 aliphatic heterocycles. The van der Waals surface area contributed by atoms with Crippen LogP contribution in [0.3, 0.4) is 0 Å². The van der Waals surface area contributed by atoms with Crippen molar-refractivity contribution in [1.29, 1.82) is 0 Å². The van der Waals surface area contributed by atoms with E-state index in [1.54, 1.807) is 12.1 Å². The summed E-state index contributed by atoms with van der Waals surface area (Å²) in [4.78, 5) is 12.1. The number of amides is 1. The summed E-state index contributed by atoms with van der Waals surface area (Å²) in [5.41, 5.74) is 0. The minimum Gasteiger partial charge on any atom is -0.484 e. The second kappa shape index (κ2) is 8.60. The molecule has 0 unspecified atom stereocenters. The van der Waals surface area contributed by atoms with Crippen LogP contribution in [0.5, 0.6) is 5.75 Å². The number of halogens is 1. The number of aromatic nitrogens is 3. The number of hydrogen-bond donors (Lipinski definition) is 1. The standard InChI is InChI=1S/C18H21ClN4O2S/c1-3-10-20-17(24)12(2)26-18-22-21-16(23(18)13-8-9-13)11-25-15-7-5-4-6-14(15)19/h3-7,12-13H,1,8-11H2,2H3,(H,20,24)/t12-/m1/s1. The molecule has 1 N–H and O–H groups in total. The first kappa shape index (κ1) is 18.8. The molecule has 8 heteroatoms. The second-order valence-electron chi connectivity index (χ2n) is 6.01. The molecule has 1 aromatic carbocycles. The van der Waals surface area contributed by atoms with Gasteiger partial charge in [0.1, 0.15) is 12.4 Å². The second-order valence-corrected chi connectivity index (χ2v) is 7.73. The van der Waals surface area contributed by atoms with Crippen LogP contribution in [0.1, 0.15) is 31.6 Å². The van der Waals surface area contributed by atoms with Crippen molar-refractivity contribution in [3.8, 4) is 5.75 Å². The molecule has 1 saturated carbocycles. The maximum absolute atomic E-state index is 12.1. The van der Waals surface area contributed by atoms with Gasteiger partial charge in [-0.25, -0.2) is 0 Å². The van der Waals surface area contributed by atoms with Crippen molar-refractivity contribution < 1.29 is 9.53 Å². The summed E-state index contributed by atoms with van der Waals surface area (Å²) in [6, 6.07) is 7.71. The highest BCUT2D eigenvalue weighted by molar-refractivity contribution is 8.00. The third-order valence-electron chi connectivity index (χ3n) is 3.91. The molecule has 2 aromatic rings. The van der Waals surface area contributed by atoms with E-state index in [1.165, 1.54) is 11.8 Å². The minimum atomic E-state index is -0.269. The smallest absolute Gasteiger partial charge is 0.233 e. The van der Waals surface area contributed by atoms with Crippen LogP contribution in [0, 0.1) is 0 Å². The monoisotopic (exact) mass is 392 g/mol. The number of carbonyl (C=O) groups excluding carboxylic acids is 1. The number of para-hydroxylation sites is 1. The molecule has 0 bridgehead atoms. The van der Waals surface area contributed by atoms with Crippen molar-refractivity contribution in [1.82, 2.24) is 20.1 Å². The largest absolute Gasteiger partial charge is 0.484 e. The summed E-state index contributed by atoms with van der Waals surface area (Å²) in [6.45, 7) is 6.20. The Balaban J connectivity index is 1.69. The Bertz CT molecular complexity index is 791. The van der Waals surface area contributed by atoms with Crippen LogP contribution in [-0.4, -0.2) is 32.5 Å². The quantitative estimate of drug-likeness (QED) is 0.521. The molecule has 3 rings (SSSR count). The number of hydrogen-bond acceptors (Lipinski definition) is 5. The molecule has 6 nitrogen and oxygen atoms in total. The van der Waals surface area contributed by atoms with Crippen molar-refractivity contribution in [3.63, 3.8) is 0 Å². The zero-order valence-electron chi connectivity index (χ0n) is 14.5. The molecular weight excluding hydrogens is 372 g/mol. The van der Waals surface area contributed by atoms with E-state index in [-0.39, 0.29) is 17.8 Å². The van der Waals surface area contributed by atoms with Crippen LogP contribution in [0.15, 0.2) is 42.1 Å². The molecule has 1 aliphatic carbocycles. The van der Waals surface area contributed by atoms with Crippen molar-refractivity contribution in [2.24, 2.45) is 0 Å². The van der Waals surface area contributed by atoms with Crippen LogP contribution in [0.4, 0.5) is 0 Å². The van der Waals surface area contributed by atoms with E-state index in [2.05, 4.69) is 26.7 Å². The minimum absolute atomic E-state index is 0.0471. The van der Waals surface area contributed by atoms with Crippen LogP contribution in [0.25, 0.3) is 0 Å². The summed E-state index contributed by atoms with van der Waals surface area (Å²) in [5.74, 6) is 1.31. The highest BCUT2D eigenvalue weighted by Gasteiger charge is 2.31. The van der Waals surface area contributed by atoms with E-state index < -0.39 is 0 Å². The predicted molar refractivity (Wildman–Crippen MR) is 103 cm³/mol. The lowest BCUT2D eigenvalue weighted by Gasteiger charge is -2.13. The SMILES string of the molecule is C=CCNC(=O)[C@@H](C)Sc1nnc(COc2ccccc2Cl)n1C1CC1. The first-order chi connectivity index (χ1) is 12.6. The maximum atomic E-state index is 12.1. The van der Waals surface area contributed by atoms with Gasteiger partial charge in [0, 0.05) is 12.6 Å². The topological polar surface area (TPSA) is 69.0 Å². The molecule has 138 valence electrons. The number of benzene rings is 1. The molecular formula is C18H21ClN4O2S. The zero-order valence-corrected chi connectivity index (χ0v) is 16.1. The third kappa shape index (κ3) is 4.59. The molecule has 1 aromatic heterocycles. The van der Waals surface area contributed by atoms with Crippen molar-refractivity contribution in [2.45, 2.75) is 42.8 Å². The van der Waals surface area contributed by atoms with Gasteiger partial charge in [0.25, 0.3) is 0 Å². The molecule has 0 spiro atoms. The van der Waals surface area contributed by atoms with Gasteiger partial charge < -0.3 is 10.1 Å². The lowest BCUT2D eigenvalue weighted by molar-refractivity contribution is -0.120. The summed E-state index contributed by atoms with van der Waals surface area (Å²) in [6.07, 6.45) is 3.83. The molecule has 0 radical (unpaired) electrons. The number of nitrogens with one attached hydrogen (secondary N) is 1. The normalized spacial score (nSPS) is 14.7.